The van der Waals surface area contributed by atoms with Crippen LogP contribution in [-0.2, 0) is 0 Å². The number of hydrazone groups is 1. The molecule has 0 aliphatic heterocycles. The second-order valence-corrected chi connectivity index (χ2v) is 1.22. The monoisotopic (exact) mass is 101 g/mol. The summed E-state index contributed by atoms with van der Waals surface area (Å²) in [5.41, 5.74) is 0. The zero-order chi connectivity index (χ0) is 5.54. The van der Waals surface area contributed by atoms with Crippen molar-refractivity contribution in [1.29, 1.82) is 0 Å². The molecule has 0 bridgehead atoms. The fourth-order valence-electron chi connectivity index (χ4n) is 0.283. The van der Waals surface area contributed by atoms with Gasteiger partial charge in [0.05, 0.1) is 0 Å². The molecule has 3 heteroatoms. The van der Waals surface area contributed by atoms with Crippen molar-refractivity contribution in [3.8, 4) is 0 Å². The molecule has 3 nitrogen and oxygen atoms in total. The normalized spacial score (nSPS) is 10.4. The molecule has 0 atom stereocenters. The van der Waals surface area contributed by atoms with E-state index in [2.05, 4.69) is 10.4 Å². The fourth-order valence-corrected chi connectivity index (χ4v) is 0.283. The van der Waals surface area contributed by atoms with E-state index in [4.69, 9.17) is 5.84 Å². The summed E-state index contributed by atoms with van der Waals surface area (Å²) in [7, 11) is 1.89. The molecule has 0 aliphatic carbocycles. The van der Waals surface area contributed by atoms with Crippen molar-refractivity contribution in [2.45, 2.75) is 6.42 Å². The number of nitrogens with two attached hydrogens (primary N) is 1. The van der Waals surface area contributed by atoms with E-state index < -0.39 is 0 Å². The van der Waals surface area contributed by atoms with Crippen molar-refractivity contribution in [2.24, 2.45) is 10.9 Å². The summed E-state index contributed by atoms with van der Waals surface area (Å²) in [6.07, 6.45) is 2.59. The van der Waals surface area contributed by atoms with Gasteiger partial charge in [0.25, 0.3) is 0 Å². The number of rotatable bonds is 3. The summed E-state index contributed by atoms with van der Waals surface area (Å²) in [4.78, 5) is 0. The van der Waals surface area contributed by atoms with Crippen molar-refractivity contribution in [1.82, 2.24) is 5.32 Å². The predicted octanol–water partition coefficient (Wildman–Crippen LogP) is -0.460. The van der Waals surface area contributed by atoms with Crippen LogP contribution in [-0.4, -0.2) is 19.8 Å². The highest BCUT2D eigenvalue weighted by Gasteiger charge is 1.72. The van der Waals surface area contributed by atoms with E-state index in [9.17, 15) is 0 Å². The van der Waals surface area contributed by atoms with Crippen molar-refractivity contribution in [3.05, 3.63) is 0 Å². The van der Waals surface area contributed by atoms with Crippen LogP contribution >= 0.6 is 0 Å². The quantitative estimate of drug-likeness (QED) is 0.219. The number of hydrogen-bond acceptors (Lipinski definition) is 3. The lowest BCUT2D eigenvalue weighted by Gasteiger charge is -1.86. The van der Waals surface area contributed by atoms with Gasteiger partial charge in [0.1, 0.15) is 0 Å². The van der Waals surface area contributed by atoms with Crippen LogP contribution in [0.4, 0.5) is 0 Å². The highest BCUT2D eigenvalue weighted by molar-refractivity contribution is 5.56. The lowest BCUT2D eigenvalue weighted by Crippen LogP contribution is -2.07. The SMILES string of the molecule is CNCC/C=N/N. The van der Waals surface area contributed by atoms with Crippen LogP contribution in [0.1, 0.15) is 6.42 Å². The second kappa shape index (κ2) is 5.43. The van der Waals surface area contributed by atoms with E-state index >= 15 is 0 Å². The molecule has 0 aromatic rings. The van der Waals surface area contributed by atoms with Gasteiger partial charge in [-0.05, 0) is 20.0 Å². The molecular formula is C4H11N3. The zero-order valence-electron chi connectivity index (χ0n) is 4.52. The topological polar surface area (TPSA) is 50.4 Å². The summed E-state index contributed by atoms with van der Waals surface area (Å²) in [6.45, 7) is 0.945. The molecule has 42 valence electrons. The third kappa shape index (κ3) is 5.43. The number of nitrogens with one attached hydrogen (secondary N) is 1. The van der Waals surface area contributed by atoms with Crippen molar-refractivity contribution in [3.63, 3.8) is 0 Å². The molecule has 0 heterocycles. The predicted molar refractivity (Wildman–Crippen MR) is 31.2 cm³/mol. The van der Waals surface area contributed by atoms with Crippen LogP contribution in [0.15, 0.2) is 5.10 Å². The summed E-state index contributed by atoms with van der Waals surface area (Å²) in [5, 5.41) is 6.26. The molecular weight excluding hydrogens is 90.1 g/mol. The van der Waals surface area contributed by atoms with Gasteiger partial charge in [-0.25, -0.2) is 0 Å². The molecule has 0 saturated heterocycles. The van der Waals surface area contributed by atoms with Gasteiger partial charge in [-0.15, -0.1) is 0 Å². The number of nitrogens with zero attached hydrogens (tertiary/aromatic N) is 1. The molecule has 0 rings (SSSR count). The molecule has 0 saturated carbocycles. The van der Waals surface area contributed by atoms with Crippen LogP contribution in [0.5, 0.6) is 0 Å². The third-order valence-corrected chi connectivity index (χ3v) is 0.629. The molecule has 0 radical (unpaired) electrons. The van der Waals surface area contributed by atoms with Crippen LogP contribution in [0.2, 0.25) is 0 Å². The van der Waals surface area contributed by atoms with Gasteiger partial charge in [-0.3, -0.25) is 0 Å². The molecule has 0 aromatic carbocycles. The van der Waals surface area contributed by atoms with Gasteiger partial charge in [-0.1, -0.05) is 0 Å². The molecule has 0 spiro atoms. The van der Waals surface area contributed by atoms with Crippen molar-refractivity contribution < 1.29 is 0 Å². The first-order chi connectivity index (χ1) is 3.41. The Labute approximate surface area is 43.6 Å². The molecule has 0 aliphatic rings. The van der Waals surface area contributed by atoms with Gasteiger partial charge >= 0.3 is 0 Å². The van der Waals surface area contributed by atoms with Crippen molar-refractivity contribution >= 4 is 6.21 Å². The lowest BCUT2D eigenvalue weighted by molar-refractivity contribution is 0.828. The van der Waals surface area contributed by atoms with Crippen LogP contribution in [0.3, 0.4) is 0 Å². The van der Waals surface area contributed by atoms with Gasteiger partial charge in [0, 0.05) is 6.21 Å². The van der Waals surface area contributed by atoms with Gasteiger partial charge in [-0.2, -0.15) is 5.10 Å². The fraction of sp³-hybridized carbons (Fsp3) is 0.750. The smallest absolute Gasteiger partial charge is 0.0252 e. The summed E-state index contributed by atoms with van der Waals surface area (Å²) in [5.74, 6) is 4.81. The lowest BCUT2D eigenvalue weighted by atomic mass is 10.5. The van der Waals surface area contributed by atoms with Crippen LogP contribution in [0.25, 0.3) is 0 Å². The molecule has 0 unspecified atom stereocenters. The molecule has 0 amide bonds. The molecule has 0 aromatic heterocycles. The van der Waals surface area contributed by atoms with E-state index in [1.54, 1.807) is 6.21 Å². The third-order valence-electron chi connectivity index (χ3n) is 0.629. The Morgan fingerprint density at radius 2 is 2.57 bits per heavy atom. The van der Waals surface area contributed by atoms with E-state index in [-0.39, 0.29) is 0 Å². The van der Waals surface area contributed by atoms with Crippen molar-refractivity contribution in [2.75, 3.05) is 13.6 Å². The molecule has 0 fully saturated rings. The first-order valence-electron chi connectivity index (χ1n) is 2.28. The highest BCUT2D eigenvalue weighted by Crippen LogP contribution is 1.63. The summed E-state index contributed by atoms with van der Waals surface area (Å²) < 4.78 is 0. The Balaban J connectivity index is 2.69. The van der Waals surface area contributed by atoms with Crippen LogP contribution in [0, 0.1) is 0 Å². The van der Waals surface area contributed by atoms with Gasteiger partial charge < -0.3 is 11.2 Å². The van der Waals surface area contributed by atoms with E-state index in [1.165, 1.54) is 0 Å². The maximum atomic E-state index is 4.81. The Hall–Kier alpha value is -0.570. The largest absolute Gasteiger partial charge is 0.324 e. The first kappa shape index (κ1) is 6.43. The minimum atomic E-state index is 0.910. The first-order valence-corrected chi connectivity index (χ1v) is 2.28. The van der Waals surface area contributed by atoms with E-state index in [1.807, 2.05) is 7.05 Å². The zero-order valence-corrected chi connectivity index (χ0v) is 4.52. The number of hydrogen-bond donors (Lipinski definition) is 2. The average Bonchev–Trinajstić information content (AvgIpc) is 1.69. The Bertz CT molecular complexity index is 50.9. The van der Waals surface area contributed by atoms with E-state index in [0.717, 1.165) is 13.0 Å². The van der Waals surface area contributed by atoms with Crippen LogP contribution < -0.4 is 11.2 Å². The van der Waals surface area contributed by atoms with E-state index in [0.29, 0.717) is 0 Å². The summed E-state index contributed by atoms with van der Waals surface area (Å²) in [6, 6.07) is 0. The average molecular weight is 101 g/mol. The van der Waals surface area contributed by atoms with Gasteiger partial charge in [0.2, 0.25) is 0 Å². The minimum absolute atomic E-state index is 0.910. The highest BCUT2D eigenvalue weighted by atomic mass is 15.1. The summed E-state index contributed by atoms with van der Waals surface area (Å²) >= 11 is 0. The molecule has 7 heavy (non-hydrogen) atoms. The van der Waals surface area contributed by atoms with Gasteiger partial charge in [0.15, 0.2) is 0 Å². The Kier molecular flexibility index (Phi) is 4.99. The Morgan fingerprint density at radius 1 is 1.86 bits per heavy atom. The standard InChI is InChI=1S/C4H11N3/c1-6-3-2-4-7-5/h4,6H,2-3,5H2,1H3/b7-4+. The maximum absolute atomic E-state index is 4.81. The maximum Gasteiger partial charge on any atom is 0.0252 e. The second-order valence-electron chi connectivity index (χ2n) is 1.22. The molecule has 3 N–H and O–H groups in total. The minimum Gasteiger partial charge on any atom is -0.324 e. The Morgan fingerprint density at radius 3 is 3.00 bits per heavy atom.